The number of nitrogens with one attached hydrogen (secondary N) is 1. The zero-order chi connectivity index (χ0) is 19.1. The van der Waals surface area contributed by atoms with Crippen molar-refractivity contribution in [2.75, 3.05) is 39.9 Å². The van der Waals surface area contributed by atoms with E-state index in [0.717, 1.165) is 70.3 Å². The van der Waals surface area contributed by atoms with Gasteiger partial charge in [0.05, 0.1) is 18.8 Å². The van der Waals surface area contributed by atoms with Crippen LogP contribution < -0.4 is 5.32 Å². The van der Waals surface area contributed by atoms with E-state index in [4.69, 9.17) is 14.0 Å². The van der Waals surface area contributed by atoms with Crippen LogP contribution in [0, 0.1) is 0 Å². The first-order chi connectivity index (χ1) is 13.2. The third kappa shape index (κ3) is 6.84. The zero-order valence-corrected chi connectivity index (χ0v) is 19.6. The fourth-order valence-electron chi connectivity index (χ4n) is 3.47. The van der Waals surface area contributed by atoms with E-state index in [1.165, 1.54) is 0 Å². The summed E-state index contributed by atoms with van der Waals surface area (Å²) < 4.78 is 17.0. The highest BCUT2D eigenvalue weighted by Gasteiger charge is 2.24. The van der Waals surface area contributed by atoms with Gasteiger partial charge in [0.2, 0.25) is 5.89 Å². The van der Waals surface area contributed by atoms with E-state index in [-0.39, 0.29) is 29.9 Å². The standard InChI is InChI=1S/C19H33N5O3.HI/c1-14(2)18-22-17(27-23-18)6-9-21-19(20-3)24-10-7-15(8-11-24)26-13-16-5-4-12-25-16;/h14-16H,4-13H2,1-3H3,(H,20,21);1H. The lowest BCUT2D eigenvalue weighted by molar-refractivity contribution is -0.0367. The normalized spacial score (nSPS) is 21.2. The number of guanidine groups is 1. The smallest absolute Gasteiger partial charge is 0.228 e. The highest BCUT2D eigenvalue weighted by atomic mass is 127. The van der Waals surface area contributed by atoms with E-state index in [1.54, 1.807) is 0 Å². The molecule has 3 heterocycles. The van der Waals surface area contributed by atoms with Crippen LogP contribution in [0.1, 0.15) is 57.2 Å². The van der Waals surface area contributed by atoms with E-state index >= 15 is 0 Å². The molecule has 0 radical (unpaired) electrons. The molecule has 9 heteroatoms. The average Bonchev–Trinajstić information content (AvgIpc) is 3.36. The fraction of sp³-hybridized carbons (Fsp3) is 0.842. The Bertz CT molecular complexity index is 596. The van der Waals surface area contributed by atoms with Crippen molar-refractivity contribution in [3.8, 4) is 0 Å². The SMILES string of the molecule is CN=C(NCCc1nc(C(C)C)no1)N1CCC(OCC2CCCO2)CC1.I. The van der Waals surface area contributed by atoms with Crippen LogP contribution in [0.3, 0.4) is 0 Å². The highest BCUT2D eigenvalue weighted by molar-refractivity contribution is 14.0. The molecule has 1 atom stereocenters. The molecule has 2 aliphatic rings. The Labute approximate surface area is 184 Å². The number of halogens is 1. The maximum absolute atomic E-state index is 6.05. The molecule has 2 fully saturated rings. The minimum Gasteiger partial charge on any atom is -0.376 e. The molecule has 8 nitrogen and oxygen atoms in total. The summed E-state index contributed by atoms with van der Waals surface area (Å²) in [5.41, 5.74) is 0. The van der Waals surface area contributed by atoms with Crippen molar-refractivity contribution >= 4 is 29.9 Å². The van der Waals surface area contributed by atoms with Crippen molar-refractivity contribution in [1.82, 2.24) is 20.4 Å². The van der Waals surface area contributed by atoms with Gasteiger partial charge in [0, 0.05) is 45.6 Å². The number of hydrogen-bond acceptors (Lipinski definition) is 6. The van der Waals surface area contributed by atoms with Crippen LogP contribution in [0.2, 0.25) is 0 Å². The number of ether oxygens (including phenoxy) is 2. The topological polar surface area (TPSA) is 85.0 Å². The molecule has 0 aliphatic carbocycles. The van der Waals surface area contributed by atoms with Crippen molar-refractivity contribution in [3.05, 3.63) is 11.7 Å². The summed E-state index contributed by atoms with van der Waals surface area (Å²) in [6, 6.07) is 0. The molecule has 0 saturated carbocycles. The summed E-state index contributed by atoms with van der Waals surface area (Å²) in [6.45, 7) is 8.37. The largest absolute Gasteiger partial charge is 0.376 e. The summed E-state index contributed by atoms with van der Waals surface area (Å²) in [5, 5.41) is 7.41. The summed E-state index contributed by atoms with van der Waals surface area (Å²) in [7, 11) is 1.83. The van der Waals surface area contributed by atoms with Crippen LogP contribution in [-0.4, -0.2) is 73.1 Å². The molecule has 2 saturated heterocycles. The van der Waals surface area contributed by atoms with Gasteiger partial charge in [0.25, 0.3) is 0 Å². The fourth-order valence-corrected chi connectivity index (χ4v) is 3.47. The highest BCUT2D eigenvalue weighted by Crippen LogP contribution is 2.18. The van der Waals surface area contributed by atoms with Gasteiger partial charge in [-0.2, -0.15) is 4.98 Å². The maximum Gasteiger partial charge on any atom is 0.228 e. The quantitative estimate of drug-likeness (QED) is 0.345. The predicted molar refractivity (Wildman–Crippen MR) is 118 cm³/mol. The number of likely N-dealkylation sites (tertiary alicyclic amines) is 1. The number of aliphatic imine (C=N–C) groups is 1. The van der Waals surface area contributed by atoms with Crippen LogP contribution in [-0.2, 0) is 15.9 Å². The molecule has 0 bridgehead atoms. The van der Waals surface area contributed by atoms with Gasteiger partial charge in [0.15, 0.2) is 11.8 Å². The summed E-state index contributed by atoms with van der Waals surface area (Å²) in [6.07, 6.45) is 5.67. The summed E-state index contributed by atoms with van der Waals surface area (Å²) in [5.74, 6) is 2.64. The van der Waals surface area contributed by atoms with Crippen molar-refractivity contribution in [2.45, 2.75) is 64.1 Å². The van der Waals surface area contributed by atoms with E-state index in [0.29, 0.717) is 24.5 Å². The first kappa shape index (κ1) is 23.3. The molecular weight excluding hydrogens is 473 g/mol. The van der Waals surface area contributed by atoms with E-state index in [2.05, 4.69) is 39.2 Å². The molecule has 0 aromatic carbocycles. The van der Waals surface area contributed by atoms with Gasteiger partial charge < -0.3 is 24.2 Å². The molecule has 160 valence electrons. The molecule has 1 aromatic rings. The lowest BCUT2D eigenvalue weighted by atomic mass is 10.1. The first-order valence-electron chi connectivity index (χ1n) is 10.2. The lowest BCUT2D eigenvalue weighted by Crippen LogP contribution is -2.47. The lowest BCUT2D eigenvalue weighted by Gasteiger charge is -2.34. The monoisotopic (exact) mass is 507 g/mol. The van der Waals surface area contributed by atoms with Crippen molar-refractivity contribution in [2.24, 2.45) is 4.99 Å². The summed E-state index contributed by atoms with van der Waals surface area (Å²) >= 11 is 0. The Morgan fingerprint density at radius 2 is 2.11 bits per heavy atom. The first-order valence-corrected chi connectivity index (χ1v) is 10.2. The third-order valence-corrected chi connectivity index (χ3v) is 5.12. The Morgan fingerprint density at radius 3 is 2.71 bits per heavy atom. The molecule has 3 rings (SSSR count). The Hall–Kier alpha value is -0.940. The molecule has 1 unspecified atom stereocenters. The van der Waals surface area contributed by atoms with Gasteiger partial charge in [0.1, 0.15) is 0 Å². The number of nitrogens with zero attached hydrogens (tertiary/aromatic N) is 4. The summed E-state index contributed by atoms with van der Waals surface area (Å²) in [4.78, 5) is 11.1. The molecule has 0 amide bonds. The van der Waals surface area contributed by atoms with E-state index in [9.17, 15) is 0 Å². The van der Waals surface area contributed by atoms with Crippen LogP contribution in [0.15, 0.2) is 9.52 Å². The van der Waals surface area contributed by atoms with Gasteiger partial charge in [-0.25, -0.2) is 0 Å². The molecule has 0 spiro atoms. The molecule has 28 heavy (non-hydrogen) atoms. The Balaban J connectivity index is 0.00000280. The molecule has 1 N–H and O–H groups in total. The average molecular weight is 507 g/mol. The van der Waals surface area contributed by atoms with Crippen molar-refractivity contribution in [1.29, 1.82) is 0 Å². The van der Waals surface area contributed by atoms with Crippen LogP contribution in [0.25, 0.3) is 0 Å². The van der Waals surface area contributed by atoms with Crippen LogP contribution in [0.5, 0.6) is 0 Å². The van der Waals surface area contributed by atoms with Gasteiger partial charge in [-0.05, 0) is 25.7 Å². The maximum atomic E-state index is 6.05. The van der Waals surface area contributed by atoms with E-state index in [1.807, 2.05) is 7.05 Å². The zero-order valence-electron chi connectivity index (χ0n) is 17.2. The predicted octanol–water partition coefficient (Wildman–Crippen LogP) is 2.59. The molecule has 2 aliphatic heterocycles. The second-order valence-corrected chi connectivity index (χ2v) is 7.58. The third-order valence-electron chi connectivity index (χ3n) is 5.12. The van der Waals surface area contributed by atoms with Crippen LogP contribution >= 0.6 is 24.0 Å². The molecule has 1 aromatic heterocycles. The van der Waals surface area contributed by atoms with Crippen molar-refractivity contribution < 1.29 is 14.0 Å². The van der Waals surface area contributed by atoms with Gasteiger partial charge >= 0.3 is 0 Å². The number of rotatable bonds is 7. The van der Waals surface area contributed by atoms with E-state index < -0.39 is 0 Å². The number of aromatic nitrogens is 2. The minimum atomic E-state index is 0. The second-order valence-electron chi connectivity index (χ2n) is 7.58. The Morgan fingerprint density at radius 1 is 1.32 bits per heavy atom. The van der Waals surface area contributed by atoms with Crippen molar-refractivity contribution in [3.63, 3.8) is 0 Å². The molecular formula is C19H34IN5O3. The van der Waals surface area contributed by atoms with Gasteiger partial charge in [-0.1, -0.05) is 19.0 Å². The number of hydrogen-bond donors (Lipinski definition) is 1. The second kappa shape index (κ2) is 11.9. The number of piperidine rings is 1. The van der Waals surface area contributed by atoms with Gasteiger partial charge in [-0.3, -0.25) is 4.99 Å². The minimum absolute atomic E-state index is 0. The Kier molecular flexibility index (Phi) is 9.93. The van der Waals surface area contributed by atoms with Crippen LogP contribution in [0.4, 0.5) is 0 Å². The van der Waals surface area contributed by atoms with Gasteiger partial charge in [-0.15, -0.1) is 24.0 Å².